The fourth-order valence-corrected chi connectivity index (χ4v) is 2.31. The molecule has 1 aliphatic heterocycles. The highest BCUT2D eigenvalue weighted by molar-refractivity contribution is 5.99. The SMILES string of the molecule is CC(C)(C)OC(=O)[C@H](O)[C@H]1OCCN(c2nc(C(F)(F)F)ccc2F)C1=O. The number of aromatic nitrogens is 1. The number of halogens is 4. The first kappa shape index (κ1) is 21.0. The lowest BCUT2D eigenvalue weighted by molar-refractivity contribution is -0.177. The summed E-state index contributed by atoms with van der Waals surface area (Å²) < 4.78 is 62.5. The number of esters is 1. The Balaban J connectivity index is 2.28. The van der Waals surface area contributed by atoms with Gasteiger partial charge in [-0.2, -0.15) is 13.2 Å². The number of rotatable bonds is 3. The lowest BCUT2D eigenvalue weighted by Crippen LogP contribution is -2.55. The minimum atomic E-state index is -4.84. The summed E-state index contributed by atoms with van der Waals surface area (Å²) in [4.78, 5) is 28.2. The second kappa shape index (κ2) is 7.39. The van der Waals surface area contributed by atoms with E-state index in [9.17, 15) is 32.3 Å². The molecule has 27 heavy (non-hydrogen) atoms. The van der Waals surface area contributed by atoms with Crippen LogP contribution < -0.4 is 4.90 Å². The van der Waals surface area contributed by atoms with Crippen LogP contribution in [-0.2, 0) is 25.2 Å². The molecule has 0 radical (unpaired) electrons. The Kier molecular flexibility index (Phi) is 5.76. The number of hydrogen-bond acceptors (Lipinski definition) is 6. The third-order valence-corrected chi connectivity index (χ3v) is 3.43. The number of morpholine rings is 1. The second-order valence-corrected chi connectivity index (χ2v) is 6.76. The third-order valence-electron chi connectivity index (χ3n) is 3.43. The zero-order valence-electron chi connectivity index (χ0n) is 14.7. The molecule has 0 aromatic carbocycles. The highest BCUT2D eigenvalue weighted by atomic mass is 19.4. The summed E-state index contributed by atoms with van der Waals surface area (Å²) in [5, 5.41) is 10.1. The molecule has 1 aliphatic rings. The van der Waals surface area contributed by atoms with Crippen molar-refractivity contribution in [3.63, 3.8) is 0 Å². The fraction of sp³-hybridized carbons (Fsp3) is 0.562. The first-order valence-corrected chi connectivity index (χ1v) is 7.89. The van der Waals surface area contributed by atoms with Crippen molar-refractivity contribution in [2.75, 3.05) is 18.1 Å². The van der Waals surface area contributed by atoms with Crippen LogP contribution in [0.25, 0.3) is 0 Å². The van der Waals surface area contributed by atoms with Crippen molar-refractivity contribution in [2.45, 2.75) is 44.8 Å². The molecule has 0 spiro atoms. The van der Waals surface area contributed by atoms with Gasteiger partial charge in [-0.25, -0.2) is 14.2 Å². The zero-order chi connectivity index (χ0) is 20.6. The number of amides is 1. The number of aliphatic hydroxyl groups excluding tert-OH is 1. The van der Waals surface area contributed by atoms with Crippen LogP contribution in [0.1, 0.15) is 26.5 Å². The first-order chi connectivity index (χ1) is 12.3. The molecule has 1 aromatic rings. The summed E-state index contributed by atoms with van der Waals surface area (Å²) in [6.07, 6.45) is -8.63. The van der Waals surface area contributed by atoms with Gasteiger partial charge < -0.3 is 14.6 Å². The van der Waals surface area contributed by atoms with Gasteiger partial charge in [0, 0.05) is 0 Å². The summed E-state index contributed by atoms with van der Waals surface area (Å²) >= 11 is 0. The van der Waals surface area contributed by atoms with Crippen LogP contribution in [0.2, 0.25) is 0 Å². The van der Waals surface area contributed by atoms with E-state index in [0.717, 1.165) is 0 Å². The number of aliphatic hydroxyl groups is 1. The van der Waals surface area contributed by atoms with Crippen LogP contribution >= 0.6 is 0 Å². The van der Waals surface area contributed by atoms with Gasteiger partial charge in [-0.1, -0.05) is 0 Å². The van der Waals surface area contributed by atoms with E-state index in [1.54, 1.807) is 0 Å². The number of nitrogens with zero attached hydrogens (tertiary/aromatic N) is 2. The van der Waals surface area contributed by atoms with Crippen LogP contribution in [0, 0.1) is 5.82 Å². The van der Waals surface area contributed by atoms with Gasteiger partial charge in [0.25, 0.3) is 5.91 Å². The molecule has 7 nitrogen and oxygen atoms in total. The van der Waals surface area contributed by atoms with Crippen LogP contribution in [0.3, 0.4) is 0 Å². The van der Waals surface area contributed by atoms with E-state index in [0.29, 0.717) is 17.0 Å². The zero-order valence-corrected chi connectivity index (χ0v) is 14.7. The molecule has 1 N–H and O–H groups in total. The van der Waals surface area contributed by atoms with Crippen LogP contribution in [-0.4, -0.2) is 52.9 Å². The van der Waals surface area contributed by atoms with Gasteiger partial charge in [0.2, 0.25) is 0 Å². The van der Waals surface area contributed by atoms with Crippen molar-refractivity contribution in [1.82, 2.24) is 4.98 Å². The highest BCUT2D eigenvalue weighted by Crippen LogP contribution is 2.31. The van der Waals surface area contributed by atoms with Crippen LogP contribution in [0.4, 0.5) is 23.4 Å². The van der Waals surface area contributed by atoms with Crippen molar-refractivity contribution < 1.29 is 41.7 Å². The Hall–Kier alpha value is -2.27. The van der Waals surface area contributed by atoms with E-state index in [1.165, 1.54) is 20.8 Å². The van der Waals surface area contributed by atoms with Gasteiger partial charge in [-0.05, 0) is 32.9 Å². The fourth-order valence-electron chi connectivity index (χ4n) is 2.31. The molecule has 150 valence electrons. The Morgan fingerprint density at radius 3 is 2.56 bits per heavy atom. The van der Waals surface area contributed by atoms with Gasteiger partial charge in [-0.3, -0.25) is 9.69 Å². The standard InChI is InChI=1S/C16H18F4N2O5/c1-15(2,3)27-14(25)10(23)11-13(24)22(6-7-26-11)12-8(17)4-5-9(21-12)16(18,19)20/h4-5,10-11,23H,6-7H2,1-3H3/t10-,11-/m1/s1. The first-order valence-electron chi connectivity index (χ1n) is 7.89. The predicted molar refractivity (Wildman–Crippen MR) is 83.1 cm³/mol. The smallest absolute Gasteiger partial charge is 0.433 e. The maximum atomic E-state index is 14.0. The average Bonchev–Trinajstić information content (AvgIpc) is 2.52. The lowest BCUT2D eigenvalue weighted by atomic mass is 10.1. The average molecular weight is 394 g/mol. The van der Waals surface area contributed by atoms with Crippen molar-refractivity contribution in [1.29, 1.82) is 0 Å². The van der Waals surface area contributed by atoms with E-state index in [4.69, 9.17) is 9.47 Å². The molecule has 2 heterocycles. The van der Waals surface area contributed by atoms with E-state index in [-0.39, 0.29) is 13.2 Å². The Bertz CT molecular complexity index is 733. The summed E-state index contributed by atoms with van der Waals surface area (Å²) in [5.41, 5.74) is -2.34. The summed E-state index contributed by atoms with van der Waals surface area (Å²) in [6.45, 7) is 4.05. The summed E-state index contributed by atoms with van der Waals surface area (Å²) in [7, 11) is 0. The van der Waals surface area contributed by atoms with Gasteiger partial charge in [0.1, 0.15) is 11.3 Å². The third kappa shape index (κ3) is 4.92. The molecular formula is C16H18F4N2O5. The van der Waals surface area contributed by atoms with E-state index in [2.05, 4.69) is 4.98 Å². The maximum absolute atomic E-state index is 14.0. The largest absolute Gasteiger partial charge is 0.458 e. The van der Waals surface area contributed by atoms with Crippen molar-refractivity contribution in [3.8, 4) is 0 Å². The van der Waals surface area contributed by atoms with E-state index in [1.807, 2.05) is 0 Å². The number of carbonyl (C=O) groups is 2. The molecule has 0 bridgehead atoms. The minimum Gasteiger partial charge on any atom is -0.458 e. The van der Waals surface area contributed by atoms with E-state index < -0.39 is 53.2 Å². The number of hydrogen-bond donors (Lipinski definition) is 1. The Morgan fingerprint density at radius 2 is 2.00 bits per heavy atom. The molecule has 1 fully saturated rings. The van der Waals surface area contributed by atoms with Crippen LogP contribution in [0.5, 0.6) is 0 Å². The molecule has 2 rings (SSSR count). The molecule has 1 saturated heterocycles. The molecular weight excluding hydrogens is 376 g/mol. The number of anilines is 1. The molecule has 1 aromatic heterocycles. The molecule has 1 amide bonds. The van der Waals surface area contributed by atoms with Crippen molar-refractivity contribution >= 4 is 17.7 Å². The Morgan fingerprint density at radius 1 is 1.37 bits per heavy atom. The number of carbonyl (C=O) groups excluding carboxylic acids is 2. The Labute approximate surface area is 151 Å². The van der Waals surface area contributed by atoms with Gasteiger partial charge in [0.05, 0.1) is 13.2 Å². The summed E-state index contributed by atoms with van der Waals surface area (Å²) in [6, 6.07) is 0.976. The van der Waals surface area contributed by atoms with Crippen molar-refractivity contribution in [3.05, 3.63) is 23.6 Å². The minimum absolute atomic E-state index is 0.256. The quantitative estimate of drug-likeness (QED) is 0.620. The maximum Gasteiger partial charge on any atom is 0.433 e. The number of alkyl halides is 3. The molecule has 2 atom stereocenters. The molecule has 0 unspecified atom stereocenters. The number of ether oxygens (including phenoxy) is 2. The highest BCUT2D eigenvalue weighted by Gasteiger charge is 2.43. The second-order valence-electron chi connectivity index (χ2n) is 6.76. The number of pyridine rings is 1. The molecule has 0 saturated carbocycles. The summed E-state index contributed by atoms with van der Waals surface area (Å²) in [5.74, 6) is -4.28. The predicted octanol–water partition coefficient (Wildman–Crippen LogP) is 1.67. The molecule has 11 heteroatoms. The van der Waals surface area contributed by atoms with Gasteiger partial charge >= 0.3 is 12.1 Å². The monoisotopic (exact) mass is 394 g/mol. The van der Waals surface area contributed by atoms with Crippen molar-refractivity contribution in [2.24, 2.45) is 0 Å². The topological polar surface area (TPSA) is 89.0 Å². The van der Waals surface area contributed by atoms with Gasteiger partial charge in [-0.15, -0.1) is 0 Å². The van der Waals surface area contributed by atoms with E-state index >= 15 is 0 Å². The van der Waals surface area contributed by atoms with Crippen LogP contribution in [0.15, 0.2) is 12.1 Å². The lowest BCUT2D eigenvalue weighted by Gasteiger charge is -2.34. The van der Waals surface area contributed by atoms with Gasteiger partial charge in [0.15, 0.2) is 23.8 Å². The normalized spacial score (nSPS) is 19.8. The molecule has 0 aliphatic carbocycles.